The molecule has 0 bridgehead atoms. The van der Waals surface area contributed by atoms with E-state index in [0.29, 0.717) is 41.3 Å². The zero-order valence-corrected chi connectivity index (χ0v) is 22.1. The van der Waals surface area contributed by atoms with E-state index < -0.39 is 0 Å². The molecule has 6 aromatic rings. The summed E-state index contributed by atoms with van der Waals surface area (Å²) in [4.78, 5) is 40.3. The molecule has 0 radical (unpaired) electrons. The lowest BCUT2D eigenvalue weighted by molar-refractivity contribution is 0.0687. The minimum atomic E-state index is -0.371. The number of aromatic nitrogens is 6. The smallest absolute Gasteiger partial charge is 0.254 e. The van der Waals surface area contributed by atoms with E-state index in [1.54, 1.807) is 50.1 Å². The topological polar surface area (TPSA) is 133 Å². The molecule has 5 heterocycles. The molecule has 3 N–H and O–H groups in total. The maximum absolute atomic E-state index is 13.9. The van der Waals surface area contributed by atoms with Crippen LogP contribution < -0.4 is 4.74 Å². The number of hydrogen-bond donors (Lipinski definition) is 3. The first-order chi connectivity index (χ1) is 20.1. The molecule has 1 amide bonds. The average Bonchev–Trinajstić information content (AvgIpc) is 3.68. The number of amides is 1. The molecule has 10 nitrogen and oxygen atoms in total. The Hall–Kier alpha value is -5.51. The normalized spacial score (nSPS) is 14.7. The van der Waals surface area contributed by atoms with E-state index in [1.807, 2.05) is 47.4 Å². The van der Waals surface area contributed by atoms with E-state index in [1.165, 1.54) is 0 Å². The van der Waals surface area contributed by atoms with E-state index >= 15 is 0 Å². The van der Waals surface area contributed by atoms with Gasteiger partial charge in [-0.05, 0) is 60.2 Å². The highest BCUT2D eigenvalue weighted by atomic mass is 16.5. The van der Waals surface area contributed by atoms with Gasteiger partial charge in [0.1, 0.15) is 17.6 Å². The van der Waals surface area contributed by atoms with Crippen LogP contribution in [0.4, 0.5) is 0 Å². The maximum atomic E-state index is 13.9. The van der Waals surface area contributed by atoms with Gasteiger partial charge in [-0.2, -0.15) is 0 Å². The molecule has 0 saturated carbocycles. The Morgan fingerprint density at radius 2 is 1.90 bits per heavy atom. The molecule has 0 saturated heterocycles. The Bertz CT molecular complexity index is 1900. The van der Waals surface area contributed by atoms with Gasteiger partial charge >= 0.3 is 0 Å². The highest BCUT2D eigenvalue weighted by Gasteiger charge is 2.35. The summed E-state index contributed by atoms with van der Waals surface area (Å²) < 4.78 is 5.42. The van der Waals surface area contributed by atoms with Crippen LogP contribution in [0.5, 0.6) is 11.6 Å². The molecule has 1 unspecified atom stereocenters. The van der Waals surface area contributed by atoms with Crippen molar-refractivity contribution in [1.29, 1.82) is 0 Å². The fraction of sp³-hybridized carbons (Fsp3) is 0.129. The van der Waals surface area contributed by atoms with E-state index in [0.717, 1.165) is 33.7 Å². The van der Waals surface area contributed by atoms with Gasteiger partial charge in [-0.15, -0.1) is 0 Å². The molecular formula is C31H25N7O3. The fourth-order valence-corrected chi connectivity index (χ4v) is 5.44. The number of carbonyl (C=O) groups excluding carboxylic acids is 1. The first-order valence-electron chi connectivity index (χ1n) is 13.2. The number of fused-ring (bicyclic) bond motifs is 2. The van der Waals surface area contributed by atoms with Gasteiger partial charge in [-0.3, -0.25) is 9.78 Å². The van der Waals surface area contributed by atoms with Crippen molar-refractivity contribution in [1.82, 2.24) is 34.8 Å². The predicted molar refractivity (Wildman–Crippen MR) is 152 cm³/mol. The van der Waals surface area contributed by atoms with E-state index in [9.17, 15) is 9.90 Å². The Kier molecular flexibility index (Phi) is 5.93. The Morgan fingerprint density at radius 1 is 1.00 bits per heavy atom. The summed E-state index contributed by atoms with van der Waals surface area (Å²) in [6.07, 6.45) is 5.72. The van der Waals surface area contributed by atoms with Gasteiger partial charge in [0.15, 0.2) is 0 Å². The fourth-order valence-electron chi connectivity index (χ4n) is 5.44. The number of phenols is 1. The number of pyridine rings is 2. The first kappa shape index (κ1) is 24.5. The second-order valence-corrected chi connectivity index (χ2v) is 9.78. The number of nitrogens with one attached hydrogen (secondary N) is 2. The maximum Gasteiger partial charge on any atom is 0.254 e. The van der Waals surface area contributed by atoms with Gasteiger partial charge in [0.05, 0.1) is 47.1 Å². The van der Waals surface area contributed by atoms with Gasteiger partial charge < -0.3 is 24.7 Å². The third kappa shape index (κ3) is 4.26. The highest BCUT2D eigenvalue weighted by molar-refractivity contribution is 5.98. The summed E-state index contributed by atoms with van der Waals surface area (Å²) >= 11 is 0. The number of methoxy groups -OCH3 is 1. The van der Waals surface area contributed by atoms with Crippen LogP contribution in [-0.4, -0.2) is 59.5 Å². The van der Waals surface area contributed by atoms with Crippen LogP contribution in [0.25, 0.3) is 33.5 Å². The van der Waals surface area contributed by atoms with Crippen molar-refractivity contribution in [3.05, 3.63) is 108 Å². The molecule has 1 atom stereocenters. The zero-order chi connectivity index (χ0) is 27.9. The van der Waals surface area contributed by atoms with Crippen molar-refractivity contribution >= 4 is 16.9 Å². The Labute approximate surface area is 234 Å². The van der Waals surface area contributed by atoms with Gasteiger partial charge in [-0.1, -0.05) is 12.1 Å². The van der Waals surface area contributed by atoms with E-state index in [-0.39, 0.29) is 17.7 Å². The number of H-pyrrole nitrogens is 2. The van der Waals surface area contributed by atoms with Crippen LogP contribution in [0.1, 0.15) is 33.5 Å². The van der Waals surface area contributed by atoms with Crippen molar-refractivity contribution in [2.45, 2.75) is 12.5 Å². The lowest BCUT2D eigenvalue weighted by atomic mass is 9.98. The third-order valence-electron chi connectivity index (χ3n) is 7.41. The molecule has 1 aliphatic heterocycles. The van der Waals surface area contributed by atoms with Crippen LogP contribution in [0.3, 0.4) is 0 Å². The van der Waals surface area contributed by atoms with Gasteiger partial charge in [0.2, 0.25) is 5.88 Å². The molecule has 7 rings (SSSR count). The number of carbonyl (C=O) groups is 1. The molecular weight excluding hydrogens is 518 g/mol. The van der Waals surface area contributed by atoms with Crippen molar-refractivity contribution in [3.63, 3.8) is 0 Å². The molecule has 0 fully saturated rings. The number of phenolic OH excluding ortho intramolecular Hbond substituents is 1. The summed E-state index contributed by atoms with van der Waals surface area (Å²) in [5.41, 5.74) is 6.62. The van der Waals surface area contributed by atoms with Crippen LogP contribution in [0, 0.1) is 0 Å². The molecule has 202 valence electrons. The van der Waals surface area contributed by atoms with Crippen LogP contribution >= 0.6 is 0 Å². The van der Waals surface area contributed by atoms with Gasteiger partial charge in [0, 0.05) is 36.5 Å². The van der Waals surface area contributed by atoms with Crippen LogP contribution in [-0.2, 0) is 6.42 Å². The summed E-state index contributed by atoms with van der Waals surface area (Å²) in [7, 11) is 1.57. The molecule has 0 spiro atoms. The molecule has 0 aliphatic carbocycles. The summed E-state index contributed by atoms with van der Waals surface area (Å²) in [6, 6.07) is 19.7. The highest BCUT2D eigenvalue weighted by Crippen LogP contribution is 2.37. The number of imidazole rings is 2. The third-order valence-corrected chi connectivity index (χ3v) is 7.41. The number of benzene rings is 2. The number of aromatic hydroxyl groups is 1. The Balaban J connectivity index is 1.24. The van der Waals surface area contributed by atoms with Crippen molar-refractivity contribution in [2.24, 2.45) is 0 Å². The SMILES string of the molecule is COc1ncccc1-c1ccc(O)c(-c2nc3cc(C(=O)N4CCc5nc[nH]c5C4c4ccccn4)ccc3[nH]2)c1. The summed E-state index contributed by atoms with van der Waals surface area (Å²) in [5.74, 6) is 0.925. The predicted octanol–water partition coefficient (Wildman–Crippen LogP) is 4.91. The first-order valence-corrected chi connectivity index (χ1v) is 13.2. The minimum absolute atomic E-state index is 0.0776. The van der Waals surface area contributed by atoms with Crippen molar-refractivity contribution in [3.8, 4) is 34.1 Å². The van der Waals surface area contributed by atoms with Crippen molar-refractivity contribution < 1.29 is 14.6 Å². The Morgan fingerprint density at radius 3 is 2.76 bits per heavy atom. The van der Waals surface area contributed by atoms with Crippen LogP contribution in [0.15, 0.2) is 85.5 Å². The lowest BCUT2D eigenvalue weighted by Gasteiger charge is -2.34. The molecule has 41 heavy (non-hydrogen) atoms. The molecule has 1 aliphatic rings. The zero-order valence-electron chi connectivity index (χ0n) is 22.1. The number of ether oxygens (including phenoxy) is 1. The van der Waals surface area contributed by atoms with E-state index in [4.69, 9.17) is 9.72 Å². The number of aromatic amines is 2. The molecule has 4 aromatic heterocycles. The van der Waals surface area contributed by atoms with E-state index in [2.05, 4.69) is 24.9 Å². The number of hydrogen-bond acceptors (Lipinski definition) is 7. The summed E-state index contributed by atoms with van der Waals surface area (Å²) in [6.45, 7) is 0.514. The second-order valence-electron chi connectivity index (χ2n) is 9.78. The van der Waals surface area contributed by atoms with Crippen molar-refractivity contribution in [2.75, 3.05) is 13.7 Å². The number of rotatable bonds is 5. The monoisotopic (exact) mass is 543 g/mol. The average molecular weight is 544 g/mol. The van der Waals surface area contributed by atoms with Crippen LogP contribution in [0.2, 0.25) is 0 Å². The summed E-state index contributed by atoms with van der Waals surface area (Å²) in [5, 5.41) is 10.7. The number of nitrogens with zero attached hydrogens (tertiary/aromatic N) is 5. The molecule has 2 aromatic carbocycles. The largest absolute Gasteiger partial charge is 0.507 e. The quantitative estimate of drug-likeness (QED) is 0.281. The van der Waals surface area contributed by atoms with Gasteiger partial charge in [0.25, 0.3) is 5.91 Å². The standard InChI is InChI=1S/C31H25N7O3/c1-41-30-20(5-4-13-33-30)18-8-10-26(39)21(15-18)29-36-22-9-7-19(16-25(22)37-29)31(40)38-14-11-23-27(35-17-34-23)28(38)24-6-2-3-12-32-24/h2-10,12-13,15-17,28,39H,11,14H2,1H3,(H,34,35)(H,36,37). The van der Waals surface area contributed by atoms with Gasteiger partial charge in [-0.25, -0.2) is 15.0 Å². The molecule has 10 heteroatoms. The second kappa shape index (κ2) is 9.91. The minimum Gasteiger partial charge on any atom is -0.507 e. The lowest BCUT2D eigenvalue weighted by Crippen LogP contribution is -2.41.